The van der Waals surface area contributed by atoms with Crippen LogP contribution in [0.2, 0.25) is 0 Å². The van der Waals surface area contributed by atoms with Crippen molar-refractivity contribution in [1.82, 2.24) is 15.1 Å². The van der Waals surface area contributed by atoms with Crippen LogP contribution in [0.5, 0.6) is 0 Å². The average molecular weight is 293 g/mol. The van der Waals surface area contributed by atoms with Gasteiger partial charge in [0, 0.05) is 44.3 Å². The second kappa shape index (κ2) is 5.77. The Morgan fingerprint density at radius 2 is 2.29 bits per heavy atom. The lowest BCUT2D eigenvalue weighted by atomic mass is 9.76. The van der Waals surface area contributed by atoms with Crippen LogP contribution in [-0.4, -0.2) is 46.7 Å². The van der Waals surface area contributed by atoms with Crippen LogP contribution in [0.3, 0.4) is 0 Å². The fourth-order valence-corrected chi connectivity index (χ4v) is 3.73. The predicted octanol–water partition coefficient (Wildman–Crippen LogP) is 0.718. The zero-order valence-corrected chi connectivity index (χ0v) is 12.4. The van der Waals surface area contributed by atoms with Crippen LogP contribution >= 0.6 is 0 Å². The number of hydrogen-bond donors (Lipinski definition) is 2. The number of carbonyl (C=O) groups excluding carboxylic acids is 1. The highest BCUT2D eigenvalue weighted by molar-refractivity contribution is 5.92. The third-order valence-electron chi connectivity index (χ3n) is 5.15. The molecule has 6 heteroatoms. The Bertz CT molecular complexity index is 508. The summed E-state index contributed by atoms with van der Waals surface area (Å²) in [5.74, 6) is 0.00963. The number of amides is 1. The molecular weight excluding hydrogens is 270 g/mol. The molecule has 1 aliphatic carbocycles. The highest BCUT2D eigenvalue weighted by Gasteiger charge is 2.48. The summed E-state index contributed by atoms with van der Waals surface area (Å²) in [6, 6.07) is 1.69. The van der Waals surface area contributed by atoms with Crippen molar-refractivity contribution in [3.8, 4) is 0 Å². The SMILES string of the molecule is Cn1nccc1C(=O)NC[C@@H]1CCC2(CCOCC2)[C@H]1O. The van der Waals surface area contributed by atoms with Gasteiger partial charge in [0.15, 0.2) is 0 Å². The van der Waals surface area contributed by atoms with Gasteiger partial charge in [-0.15, -0.1) is 0 Å². The summed E-state index contributed by atoms with van der Waals surface area (Å²) < 4.78 is 6.97. The van der Waals surface area contributed by atoms with Crippen LogP contribution in [-0.2, 0) is 11.8 Å². The van der Waals surface area contributed by atoms with Crippen LogP contribution in [0.4, 0.5) is 0 Å². The minimum Gasteiger partial charge on any atom is -0.392 e. The molecule has 0 aromatic carbocycles. The van der Waals surface area contributed by atoms with Crippen molar-refractivity contribution < 1.29 is 14.6 Å². The van der Waals surface area contributed by atoms with E-state index in [0.29, 0.717) is 12.2 Å². The minimum atomic E-state index is -0.340. The summed E-state index contributed by atoms with van der Waals surface area (Å²) in [7, 11) is 1.75. The summed E-state index contributed by atoms with van der Waals surface area (Å²) in [5, 5.41) is 17.6. The maximum absolute atomic E-state index is 12.1. The molecule has 1 aromatic heterocycles. The van der Waals surface area contributed by atoms with Gasteiger partial charge in [0.25, 0.3) is 5.91 Å². The number of aliphatic hydroxyl groups is 1. The van der Waals surface area contributed by atoms with E-state index in [1.165, 1.54) is 0 Å². The molecule has 2 fully saturated rings. The number of nitrogens with one attached hydrogen (secondary N) is 1. The minimum absolute atomic E-state index is 0.0141. The molecule has 2 heterocycles. The van der Waals surface area contributed by atoms with Gasteiger partial charge < -0.3 is 15.2 Å². The summed E-state index contributed by atoms with van der Waals surface area (Å²) >= 11 is 0. The largest absolute Gasteiger partial charge is 0.392 e. The van der Waals surface area contributed by atoms with Gasteiger partial charge in [0.1, 0.15) is 5.69 Å². The standard InChI is InChI=1S/C15H23N3O3/c1-18-12(3-7-17-18)14(20)16-10-11-2-4-15(13(11)19)5-8-21-9-6-15/h3,7,11,13,19H,2,4-6,8-10H2,1H3,(H,16,20)/t11-,13-/m0/s1. The smallest absolute Gasteiger partial charge is 0.269 e. The lowest BCUT2D eigenvalue weighted by molar-refractivity contribution is -0.0555. The van der Waals surface area contributed by atoms with E-state index < -0.39 is 0 Å². The van der Waals surface area contributed by atoms with E-state index in [4.69, 9.17) is 4.74 Å². The van der Waals surface area contributed by atoms with Crippen molar-refractivity contribution >= 4 is 5.91 Å². The Kier molecular flexibility index (Phi) is 3.99. The Hall–Kier alpha value is -1.40. The van der Waals surface area contributed by atoms with Crippen LogP contribution in [0.25, 0.3) is 0 Å². The van der Waals surface area contributed by atoms with Crippen molar-refractivity contribution in [2.24, 2.45) is 18.4 Å². The van der Waals surface area contributed by atoms with Crippen molar-refractivity contribution in [3.63, 3.8) is 0 Å². The lowest BCUT2D eigenvalue weighted by Gasteiger charge is -2.37. The van der Waals surface area contributed by atoms with Crippen LogP contribution in [0.15, 0.2) is 12.3 Å². The molecule has 1 saturated heterocycles. The van der Waals surface area contributed by atoms with Gasteiger partial charge in [0.2, 0.25) is 0 Å². The summed E-state index contributed by atoms with van der Waals surface area (Å²) in [6.45, 7) is 2.00. The first kappa shape index (κ1) is 14.5. The highest BCUT2D eigenvalue weighted by Crippen LogP contribution is 2.48. The normalized spacial score (nSPS) is 27.9. The second-order valence-corrected chi connectivity index (χ2v) is 6.27. The van der Waals surface area contributed by atoms with Gasteiger partial charge in [-0.25, -0.2) is 0 Å². The Labute approximate surface area is 124 Å². The number of rotatable bonds is 3. The zero-order valence-electron chi connectivity index (χ0n) is 12.4. The van der Waals surface area contributed by atoms with E-state index in [9.17, 15) is 9.90 Å². The maximum Gasteiger partial charge on any atom is 0.269 e. The molecule has 0 bridgehead atoms. The summed E-state index contributed by atoms with van der Waals surface area (Å²) in [6.07, 6.45) is 5.13. The number of carbonyl (C=O) groups is 1. The molecule has 0 radical (unpaired) electrons. The third kappa shape index (κ3) is 2.70. The lowest BCUT2D eigenvalue weighted by Crippen LogP contribution is -2.41. The highest BCUT2D eigenvalue weighted by atomic mass is 16.5. The molecule has 1 spiro atoms. The van der Waals surface area contributed by atoms with Crippen LogP contribution < -0.4 is 5.32 Å². The van der Waals surface area contributed by atoms with E-state index in [1.807, 2.05) is 0 Å². The molecule has 1 amide bonds. The quantitative estimate of drug-likeness (QED) is 0.861. The Balaban J connectivity index is 1.57. The molecule has 3 rings (SSSR count). The molecule has 0 unspecified atom stereocenters. The van der Waals surface area contributed by atoms with Crippen molar-refractivity contribution in [3.05, 3.63) is 18.0 Å². The van der Waals surface area contributed by atoms with Crippen molar-refractivity contribution in [2.75, 3.05) is 19.8 Å². The number of hydrogen-bond acceptors (Lipinski definition) is 4. The number of aliphatic hydroxyl groups excluding tert-OH is 1. The Morgan fingerprint density at radius 3 is 2.95 bits per heavy atom. The van der Waals surface area contributed by atoms with Gasteiger partial charge in [0.05, 0.1) is 6.10 Å². The number of nitrogens with zero attached hydrogens (tertiary/aromatic N) is 2. The average Bonchev–Trinajstić information content (AvgIpc) is 3.04. The summed E-state index contributed by atoms with van der Waals surface area (Å²) in [4.78, 5) is 12.1. The fourth-order valence-electron chi connectivity index (χ4n) is 3.73. The van der Waals surface area contributed by atoms with Gasteiger partial charge in [-0.3, -0.25) is 9.48 Å². The molecular formula is C15H23N3O3. The zero-order chi connectivity index (χ0) is 14.9. The van der Waals surface area contributed by atoms with Gasteiger partial charge in [-0.2, -0.15) is 5.10 Å². The molecule has 21 heavy (non-hydrogen) atoms. The van der Waals surface area contributed by atoms with Gasteiger partial charge in [-0.05, 0) is 31.7 Å². The van der Waals surface area contributed by atoms with Crippen LogP contribution in [0.1, 0.15) is 36.2 Å². The molecule has 2 N–H and O–H groups in total. The van der Waals surface area contributed by atoms with Crippen molar-refractivity contribution in [1.29, 1.82) is 0 Å². The molecule has 2 atom stereocenters. The number of ether oxygens (including phenoxy) is 1. The molecule has 6 nitrogen and oxygen atoms in total. The van der Waals surface area contributed by atoms with E-state index in [-0.39, 0.29) is 23.3 Å². The third-order valence-corrected chi connectivity index (χ3v) is 5.15. The van der Waals surface area contributed by atoms with Gasteiger partial charge in [-0.1, -0.05) is 0 Å². The Morgan fingerprint density at radius 1 is 1.52 bits per heavy atom. The van der Waals surface area contributed by atoms with E-state index >= 15 is 0 Å². The number of aryl methyl sites for hydroxylation is 1. The first-order valence-electron chi connectivity index (χ1n) is 7.64. The fraction of sp³-hybridized carbons (Fsp3) is 0.733. The number of aromatic nitrogens is 2. The molecule has 1 saturated carbocycles. The van der Waals surface area contributed by atoms with Crippen LogP contribution in [0, 0.1) is 11.3 Å². The summed E-state index contributed by atoms with van der Waals surface area (Å²) in [5.41, 5.74) is 0.559. The predicted molar refractivity (Wildman–Crippen MR) is 76.8 cm³/mol. The monoisotopic (exact) mass is 293 g/mol. The molecule has 2 aliphatic rings. The maximum atomic E-state index is 12.1. The first-order chi connectivity index (χ1) is 10.1. The topological polar surface area (TPSA) is 76.4 Å². The van der Waals surface area contributed by atoms with E-state index in [1.54, 1.807) is 24.0 Å². The molecule has 1 aromatic rings. The van der Waals surface area contributed by atoms with Gasteiger partial charge >= 0.3 is 0 Å². The molecule has 116 valence electrons. The van der Waals surface area contributed by atoms with Crippen molar-refractivity contribution in [2.45, 2.75) is 31.8 Å². The molecule has 1 aliphatic heterocycles. The van der Waals surface area contributed by atoms with E-state index in [2.05, 4.69) is 10.4 Å². The second-order valence-electron chi connectivity index (χ2n) is 6.27. The first-order valence-corrected chi connectivity index (χ1v) is 7.64. The van der Waals surface area contributed by atoms with E-state index in [0.717, 1.165) is 38.9 Å².